The topological polar surface area (TPSA) is 34.2 Å². The van der Waals surface area contributed by atoms with Crippen molar-refractivity contribution in [3.05, 3.63) is 42.1 Å². The lowest BCUT2D eigenvalue weighted by Gasteiger charge is -2.23. The van der Waals surface area contributed by atoms with Crippen LogP contribution in [0.3, 0.4) is 0 Å². The lowest BCUT2D eigenvalue weighted by atomic mass is 10.0. The second-order valence-electron chi connectivity index (χ2n) is 4.77. The molecule has 2 heterocycles. The van der Waals surface area contributed by atoms with E-state index < -0.39 is 0 Å². The normalized spacial score (nSPS) is 20.1. The number of hydrogen-bond acceptors (Lipinski definition) is 3. The van der Waals surface area contributed by atoms with Gasteiger partial charge >= 0.3 is 0 Å². The first-order chi connectivity index (χ1) is 8.92. The van der Waals surface area contributed by atoms with Gasteiger partial charge in [0.25, 0.3) is 0 Å². The Labute approximate surface area is 107 Å². The standard InChI is InChI=1S/C15H18N2O/c1-2-13-10-12(4-6-15(13)17-7-1)3-5-14-11-16-8-9-18-14/h1-2,4,6-7,10,14,16H,3,5,8-9,11H2. The summed E-state index contributed by atoms with van der Waals surface area (Å²) >= 11 is 0. The lowest BCUT2D eigenvalue weighted by molar-refractivity contribution is 0.0238. The van der Waals surface area contributed by atoms with Crippen LogP contribution in [0.15, 0.2) is 36.5 Å². The summed E-state index contributed by atoms with van der Waals surface area (Å²) in [6, 6.07) is 10.6. The summed E-state index contributed by atoms with van der Waals surface area (Å²) in [6.45, 7) is 2.81. The number of nitrogens with one attached hydrogen (secondary N) is 1. The van der Waals surface area contributed by atoms with Gasteiger partial charge in [-0.1, -0.05) is 12.1 Å². The largest absolute Gasteiger partial charge is 0.376 e. The molecule has 2 aromatic rings. The van der Waals surface area contributed by atoms with E-state index in [0.29, 0.717) is 6.10 Å². The lowest BCUT2D eigenvalue weighted by Crippen LogP contribution is -2.38. The number of pyridine rings is 1. The number of fused-ring (bicyclic) bond motifs is 1. The fourth-order valence-electron chi connectivity index (χ4n) is 2.41. The predicted octanol–water partition coefficient (Wildman–Crippen LogP) is 2.16. The molecule has 1 unspecified atom stereocenters. The average Bonchev–Trinajstić information content (AvgIpc) is 2.46. The van der Waals surface area contributed by atoms with Crippen LogP contribution in [0, 0.1) is 0 Å². The van der Waals surface area contributed by atoms with Crippen molar-refractivity contribution >= 4 is 10.9 Å². The number of nitrogens with zero attached hydrogens (tertiary/aromatic N) is 1. The molecule has 1 aromatic heterocycles. The van der Waals surface area contributed by atoms with Crippen molar-refractivity contribution in [1.82, 2.24) is 10.3 Å². The molecule has 1 fully saturated rings. The van der Waals surface area contributed by atoms with E-state index in [-0.39, 0.29) is 0 Å². The third kappa shape index (κ3) is 2.68. The number of benzene rings is 1. The summed E-state index contributed by atoms with van der Waals surface area (Å²) in [5, 5.41) is 4.59. The Morgan fingerprint density at radius 3 is 3.22 bits per heavy atom. The van der Waals surface area contributed by atoms with Gasteiger partial charge in [0.2, 0.25) is 0 Å². The molecular weight excluding hydrogens is 224 g/mol. The highest BCUT2D eigenvalue weighted by Gasteiger charge is 2.12. The molecule has 0 spiro atoms. The van der Waals surface area contributed by atoms with Crippen molar-refractivity contribution in [3.63, 3.8) is 0 Å². The molecule has 0 aliphatic carbocycles. The summed E-state index contributed by atoms with van der Waals surface area (Å²) in [5.41, 5.74) is 2.43. The zero-order chi connectivity index (χ0) is 12.2. The van der Waals surface area contributed by atoms with E-state index in [1.807, 2.05) is 12.3 Å². The zero-order valence-electron chi connectivity index (χ0n) is 10.4. The van der Waals surface area contributed by atoms with Crippen LogP contribution >= 0.6 is 0 Å². The number of ether oxygens (including phenoxy) is 1. The summed E-state index contributed by atoms with van der Waals surface area (Å²) in [5.74, 6) is 0. The van der Waals surface area contributed by atoms with Gasteiger partial charge in [0.1, 0.15) is 0 Å². The minimum absolute atomic E-state index is 0.364. The van der Waals surface area contributed by atoms with Crippen molar-refractivity contribution in [2.24, 2.45) is 0 Å². The van der Waals surface area contributed by atoms with E-state index in [2.05, 4.69) is 34.6 Å². The number of aryl methyl sites for hydroxylation is 1. The SMILES string of the molecule is c1cnc2ccc(CCC3CNCCO3)cc2c1. The first-order valence-electron chi connectivity index (χ1n) is 6.58. The Bertz CT molecular complexity index is 521. The fourth-order valence-corrected chi connectivity index (χ4v) is 2.41. The van der Waals surface area contributed by atoms with Gasteiger partial charge in [-0.2, -0.15) is 0 Å². The van der Waals surface area contributed by atoms with Gasteiger partial charge in [-0.15, -0.1) is 0 Å². The minimum atomic E-state index is 0.364. The van der Waals surface area contributed by atoms with E-state index >= 15 is 0 Å². The second kappa shape index (κ2) is 5.46. The molecule has 0 amide bonds. The van der Waals surface area contributed by atoms with Crippen LogP contribution in [0.2, 0.25) is 0 Å². The molecule has 3 heteroatoms. The van der Waals surface area contributed by atoms with E-state index in [9.17, 15) is 0 Å². The average molecular weight is 242 g/mol. The molecule has 1 aliphatic heterocycles. The van der Waals surface area contributed by atoms with Gasteiger partial charge < -0.3 is 10.1 Å². The third-order valence-corrected chi connectivity index (χ3v) is 3.43. The molecule has 0 bridgehead atoms. The van der Waals surface area contributed by atoms with Gasteiger partial charge in [0, 0.05) is 24.7 Å². The van der Waals surface area contributed by atoms with Crippen molar-refractivity contribution in [1.29, 1.82) is 0 Å². The van der Waals surface area contributed by atoms with Gasteiger partial charge in [-0.3, -0.25) is 4.98 Å². The van der Waals surface area contributed by atoms with Crippen LogP contribution in [0.25, 0.3) is 10.9 Å². The Morgan fingerprint density at radius 2 is 2.33 bits per heavy atom. The van der Waals surface area contributed by atoms with Crippen molar-refractivity contribution < 1.29 is 4.74 Å². The third-order valence-electron chi connectivity index (χ3n) is 3.43. The Balaban J connectivity index is 1.66. The molecule has 94 valence electrons. The second-order valence-corrected chi connectivity index (χ2v) is 4.77. The maximum atomic E-state index is 5.71. The highest BCUT2D eigenvalue weighted by Crippen LogP contribution is 2.15. The molecule has 1 saturated heterocycles. The van der Waals surface area contributed by atoms with E-state index in [1.54, 1.807) is 0 Å². The van der Waals surface area contributed by atoms with Crippen LogP contribution in [-0.4, -0.2) is 30.8 Å². The van der Waals surface area contributed by atoms with Gasteiger partial charge in [-0.25, -0.2) is 0 Å². The maximum absolute atomic E-state index is 5.71. The predicted molar refractivity (Wildman–Crippen MR) is 72.7 cm³/mol. The highest BCUT2D eigenvalue weighted by molar-refractivity contribution is 5.78. The summed E-state index contributed by atoms with van der Waals surface area (Å²) < 4.78 is 5.71. The molecular formula is C15H18N2O. The molecule has 3 nitrogen and oxygen atoms in total. The monoisotopic (exact) mass is 242 g/mol. The molecule has 0 radical (unpaired) electrons. The first-order valence-corrected chi connectivity index (χ1v) is 6.58. The van der Waals surface area contributed by atoms with Crippen LogP contribution in [0.5, 0.6) is 0 Å². The Morgan fingerprint density at radius 1 is 1.33 bits per heavy atom. The number of morpholine rings is 1. The highest BCUT2D eigenvalue weighted by atomic mass is 16.5. The van der Waals surface area contributed by atoms with Crippen LogP contribution in [0.4, 0.5) is 0 Å². The summed E-state index contributed by atoms with van der Waals surface area (Å²) in [4.78, 5) is 4.34. The molecule has 1 atom stereocenters. The smallest absolute Gasteiger partial charge is 0.0703 e. The van der Waals surface area contributed by atoms with Gasteiger partial charge in [0.05, 0.1) is 18.2 Å². The summed E-state index contributed by atoms with van der Waals surface area (Å²) in [6.07, 6.45) is 4.35. The van der Waals surface area contributed by atoms with Crippen LogP contribution in [0.1, 0.15) is 12.0 Å². The maximum Gasteiger partial charge on any atom is 0.0703 e. The molecule has 1 aromatic carbocycles. The molecule has 3 rings (SSSR count). The Kier molecular flexibility index (Phi) is 3.53. The van der Waals surface area contributed by atoms with E-state index in [0.717, 1.165) is 38.1 Å². The van der Waals surface area contributed by atoms with Crippen molar-refractivity contribution in [2.75, 3.05) is 19.7 Å². The number of rotatable bonds is 3. The van der Waals surface area contributed by atoms with Gasteiger partial charge in [-0.05, 0) is 36.6 Å². The number of aromatic nitrogens is 1. The quantitative estimate of drug-likeness (QED) is 0.895. The molecule has 18 heavy (non-hydrogen) atoms. The van der Waals surface area contributed by atoms with E-state index in [4.69, 9.17) is 4.74 Å². The van der Waals surface area contributed by atoms with E-state index in [1.165, 1.54) is 10.9 Å². The minimum Gasteiger partial charge on any atom is -0.376 e. The van der Waals surface area contributed by atoms with Crippen molar-refractivity contribution in [3.8, 4) is 0 Å². The first kappa shape index (κ1) is 11.6. The Hall–Kier alpha value is -1.45. The summed E-state index contributed by atoms with van der Waals surface area (Å²) in [7, 11) is 0. The van der Waals surface area contributed by atoms with Crippen LogP contribution in [-0.2, 0) is 11.2 Å². The number of hydrogen-bond donors (Lipinski definition) is 1. The van der Waals surface area contributed by atoms with Gasteiger partial charge in [0.15, 0.2) is 0 Å². The van der Waals surface area contributed by atoms with Crippen LogP contribution < -0.4 is 5.32 Å². The molecule has 1 N–H and O–H groups in total. The fraction of sp³-hybridized carbons (Fsp3) is 0.400. The molecule has 1 aliphatic rings. The van der Waals surface area contributed by atoms with Crippen molar-refractivity contribution in [2.45, 2.75) is 18.9 Å². The zero-order valence-corrected chi connectivity index (χ0v) is 10.4. The molecule has 0 saturated carbocycles.